The predicted octanol–water partition coefficient (Wildman–Crippen LogP) is 2.25. The molecule has 3 rings (SSSR count). The average Bonchev–Trinajstić information content (AvgIpc) is 2.63. The number of fused-ring (bicyclic) bond motifs is 1. The quantitative estimate of drug-likeness (QED) is 0.833. The van der Waals surface area contributed by atoms with Gasteiger partial charge in [0.25, 0.3) is 5.56 Å². The Balaban J connectivity index is 2.23. The van der Waals surface area contributed by atoms with E-state index in [0.717, 1.165) is 12.1 Å². The molecule has 132 valence electrons. The summed E-state index contributed by atoms with van der Waals surface area (Å²) in [7, 11) is 1.67. The highest BCUT2D eigenvalue weighted by Gasteiger charge is 2.44. The molecule has 0 atom stereocenters. The maximum Gasteiger partial charge on any atom is 0.272 e. The van der Waals surface area contributed by atoms with Gasteiger partial charge in [-0.3, -0.25) is 9.78 Å². The highest BCUT2D eigenvalue weighted by atomic mass is 16.5. The van der Waals surface area contributed by atoms with Crippen molar-refractivity contribution in [2.24, 2.45) is 0 Å². The van der Waals surface area contributed by atoms with Gasteiger partial charge in [0.05, 0.1) is 22.7 Å². The molecule has 7 nitrogen and oxygen atoms in total. The van der Waals surface area contributed by atoms with Crippen LogP contribution in [0.2, 0.25) is 0 Å². The Morgan fingerprint density at radius 2 is 2.16 bits per heavy atom. The molecule has 0 unspecified atom stereocenters. The van der Waals surface area contributed by atoms with E-state index >= 15 is 0 Å². The number of hydrogen-bond acceptors (Lipinski definition) is 5. The molecular formula is C18H23N4O3+. The van der Waals surface area contributed by atoms with Crippen molar-refractivity contribution in [3.05, 3.63) is 33.9 Å². The van der Waals surface area contributed by atoms with Crippen LogP contribution in [0.5, 0.6) is 0 Å². The van der Waals surface area contributed by atoms with Gasteiger partial charge < -0.3 is 9.72 Å². The van der Waals surface area contributed by atoms with Crippen LogP contribution in [-0.2, 0) is 11.2 Å². The number of hydroxylamine groups is 2. The number of nitrogens with one attached hydrogen (secondary N) is 1. The SMILES string of the molecule is CCc1cc2c([N+]3(O)CCC(C)(OC)CC3)c(C#N)c(=O)[nH]c2cn1. The lowest BCUT2D eigenvalue weighted by atomic mass is 9.92. The van der Waals surface area contributed by atoms with Gasteiger partial charge in [-0.2, -0.15) is 5.26 Å². The number of methoxy groups -OCH3 is 1. The second-order valence-corrected chi connectivity index (χ2v) is 6.89. The van der Waals surface area contributed by atoms with Crippen molar-refractivity contribution < 1.29 is 9.94 Å². The van der Waals surface area contributed by atoms with Crippen molar-refractivity contribution >= 4 is 16.6 Å². The Hall–Kier alpha value is -2.27. The molecule has 0 spiro atoms. The van der Waals surface area contributed by atoms with Crippen LogP contribution in [0.15, 0.2) is 17.1 Å². The first kappa shape index (κ1) is 17.5. The number of aromatic nitrogens is 2. The Bertz CT molecular complexity index is 905. The zero-order valence-electron chi connectivity index (χ0n) is 14.8. The van der Waals surface area contributed by atoms with Crippen LogP contribution < -0.4 is 10.2 Å². The van der Waals surface area contributed by atoms with Crippen molar-refractivity contribution in [1.82, 2.24) is 14.6 Å². The number of nitriles is 1. The molecule has 7 heteroatoms. The second kappa shape index (κ2) is 6.23. The molecule has 0 aromatic carbocycles. The van der Waals surface area contributed by atoms with Crippen LogP contribution in [0.4, 0.5) is 5.69 Å². The number of H-pyrrole nitrogens is 1. The third-order valence-corrected chi connectivity index (χ3v) is 5.33. The summed E-state index contributed by atoms with van der Waals surface area (Å²) < 4.78 is 5.11. The summed E-state index contributed by atoms with van der Waals surface area (Å²) in [5, 5.41) is 21.5. The van der Waals surface area contributed by atoms with E-state index in [-0.39, 0.29) is 11.2 Å². The minimum atomic E-state index is -0.498. The first-order valence-corrected chi connectivity index (χ1v) is 8.46. The summed E-state index contributed by atoms with van der Waals surface area (Å²) in [6.45, 7) is 4.75. The maximum atomic E-state index is 12.4. The molecule has 2 aromatic heterocycles. The third kappa shape index (κ3) is 2.93. The van der Waals surface area contributed by atoms with Gasteiger partial charge in [-0.1, -0.05) is 6.92 Å². The molecule has 1 aliphatic heterocycles. The van der Waals surface area contributed by atoms with Crippen LogP contribution >= 0.6 is 0 Å². The molecule has 1 aliphatic rings. The lowest BCUT2D eigenvalue weighted by molar-refractivity contribution is -0.141. The van der Waals surface area contributed by atoms with E-state index in [0.29, 0.717) is 42.5 Å². The lowest BCUT2D eigenvalue weighted by Crippen LogP contribution is -2.57. The highest BCUT2D eigenvalue weighted by Crippen LogP contribution is 2.37. The molecule has 2 aromatic rings. The van der Waals surface area contributed by atoms with E-state index in [9.17, 15) is 15.3 Å². The number of ether oxygens (including phenoxy) is 1. The topological polar surface area (TPSA) is 99.0 Å². The number of nitrogens with zero attached hydrogens (tertiary/aromatic N) is 3. The summed E-state index contributed by atoms with van der Waals surface area (Å²) in [6.07, 6.45) is 3.58. The second-order valence-electron chi connectivity index (χ2n) is 6.89. The van der Waals surface area contributed by atoms with Crippen LogP contribution in [0.1, 0.15) is 37.9 Å². The van der Waals surface area contributed by atoms with E-state index in [1.165, 1.54) is 0 Å². The smallest absolute Gasteiger partial charge is 0.272 e. The fourth-order valence-electron chi connectivity index (χ4n) is 3.46. The summed E-state index contributed by atoms with van der Waals surface area (Å²) in [5.74, 6) is 0. The number of aromatic amines is 1. The summed E-state index contributed by atoms with van der Waals surface area (Å²) in [5.41, 5.74) is 0.908. The molecule has 0 amide bonds. The Morgan fingerprint density at radius 1 is 1.48 bits per heavy atom. The number of quaternary nitrogens is 1. The van der Waals surface area contributed by atoms with E-state index in [4.69, 9.17) is 4.74 Å². The minimum absolute atomic E-state index is 0.0377. The largest absolute Gasteiger partial charge is 0.378 e. The molecule has 1 saturated heterocycles. The Kier molecular flexibility index (Phi) is 4.37. The molecule has 2 N–H and O–H groups in total. The van der Waals surface area contributed by atoms with Gasteiger partial charge >= 0.3 is 0 Å². The van der Waals surface area contributed by atoms with E-state index in [1.54, 1.807) is 13.3 Å². The summed E-state index contributed by atoms with van der Waals surface area (Å²) in [4.78, 5) is 19.4. The molecule has 3 heterocycles. The lowest BCUT2D eigenvalue weighted by Gasteiger charge is -2.41. The first-order valence-electron chi connectivity index (χ1n) is 8.46. The number of hydrogen-bond donors (Lipinski definition) is 2. The van der Waals surface area contributed by atoms with Gasteiger partial charge in [0.15, 0.2) is 11.3 Å². The number of rotatable bonds is 3. The van der Waals surface area contributed by atoms with Gasteiger partial charge in [0.1, 0.15) is 19.2 Å². The Labute approximate surface area is 146 Å². The maximum absolute atomic E-state index is 12.4. The molecule has 0 radical (unpaired) electrons. The number of aryl methyl sites for hydroxylation is 1. The Morgan fingerprint density at radius 3 is 2.72 bits per heavy atom. The van der Waals surface area contributed by atoms with Crippen molar-refractivity contribution in [3.8, 4) is 6.07 Å². The molecule has 0 bridgehead atoms. The summed E-state index contributed by atoms with van der Waals surface area (Å²) >= 11 is 0. The molecular weight excluding hydrogens is 320 g/mol. The fraction of sp³-hybridized carbons (Fsp3) is 0.500. The minimum Gasteiger partial charge on any atom is -0.378 e. The highest BCUT2D eigenvalue weighted by molar-refractivity contribution is 5.92. The van der Waals surface area contributed by atoms with E-state index in [1.807, 2.05) is 26.0 Å². The van der Waals surface area contributed by atoms with Crippen LogP contribution in [0.3, 0.4) is 0 Å². The van der Waals surface area contributed by atoms with Gasteiger partial charge in [0.2, 0.25) is 0 Å². The first-order chi connectivity index (χ1) is 11.9. The predicted molar refractivity (Wildman–Crippen MR) is 94.4 cm³/mol. The van der Waals surface area contributed by atoms with Gasteiger partial charge in [-0.15, -0.1) is 4.65 Å². The van der Waals surface area contributed by atoms with Crippen LogP contribution in [0, 0.1) is 11.3 Å². The molecule has 0 saturated carbocycles. The number of pyridine rings is 2. The van der Waals surface area contributed by atoms with Crippen molar-refractivity contribution in [2.45, 2.75) is 38.7 Å². The third-order valence-electron chi connectivity index (χ3n) is 5.33. The fourth-order valence-corrected chi connectivity index (χ4v) is 3.46. The van der Waals surface area contributed by atoms with Crippen LogP contribution in [0.25, 0.3) is 10.9 Å². The van der Waals surface area contributed by atoms with Gasteiger partial charge in [0, 0.05) is 25.6 Å². The van der Waals surface area contributed by atoms with Crippen molar-refractivity contribution in [2.75, 3.05) is 20.2 Å². The van der Waals surface area contributed by atoms with E-state index in [2.05, 4.69) is 9.97 Å². The van der Waals surface area contributed by atoms with Gasteiger partial charge in [-0.05, 0) is 19.4 Å². The average molecular weight is 343 g/mol. The normalized spacial score (nSPS) is 26.5. The molecule has 1 fully saturated rings. The zero-order chi connectivity index (χ0) is 18.2. The number of piperidine rings is 1. The van der Waals surface area contributed by atoms with Crippen molar-refractivity contribution in [3.63, 3.8) is 0 Å². The monoisotopic (exact) mass is 343 g/mol. The standard InChI is InChI=1S/C18H22N4O3/c1-4-12-9-13-15(11-20-12)21-17(23)14(10-19)16(13)22(24)7-5-18(2,25-3)6-8-22/h9,11,24H,4-8H2,1-3H3/p+1. The molecule has 0 aliphatic carbocycles. The zero-order valence-corrected chi connectivity index (χ0v) is 14.8. The van der Waals surface area contributed by atoms with Gasteiger partial charge in [-0.25, -0.2) is 5.21 Å². The molecule has 25 heavy (non-hydrogen) atoms. The van der Waals surface area contributed by atoms with E-state index < -0.39 is 10.2 Å². The van der Waals surface area contributed by atoms with Crippen LogP contribution in [-0.4, -0.2) is 41.0 Å². The summed E-state index contributed by atoms with van der Waals surface area (Å²) in [6, 6.07) is 3.83. The van der Waals surface area contributed by atoms with Crippen molar-refractivity contribution in [1.29, 1.82) is 5.26 Å².